The zero-order chi connectivity index (χ0) is 19.3. The van der Waals surface area contributed by atoms with Crippen LogP contribution in [0.4, 0.5) is 0 Å². The van der Waals surface area contributed by atoms with E-state index in [1.165, 1.54) is 5.56 Å². The van der Waals surface area contributed by atoms with E-state index in [-0.39, 0.29) is 17.2 Å². The minimum absolute atomic E-state index is 0.0377. The Morgan fingerprint density at radius 2 is 1.73 bits per heavy atom. The Kier molecular flexibility index (Phi) is 6.71. The number of hydrogen-bond donors (Lipinski definition) is 0. The van der Waals surface area contributed by atoms with Gasteiger partial charge in [-0.15, -0.1) is 0 Å². The SMILES string of the molecule is CC(C)C[C@H](C(=O)c1ccc(C(C)(C)C)cn1)N(C)Cc1ccccc1. The lowest BCUT2D eigenvalue weighted by atomic mass is 9.88. The summed E-state index contributed by atoms with van der Waals surface area (Å²) in [5.74, 6) is 0.550. The number of likely N-dealkylation sites (N-methyl/N-ethyl adjacent to an activating group) is 1. The molecule has 1 aromatic heterocycles. The summed E-state index contributed by atoms with van der Waals surface area (Å²) < 4.78 is 0. The van der Waals surface area contributed by atoms with Gasteiger partial charge in [-0.1, -0.05) is 71.0 Å². The van der Waals surface area contributed by atoms with Crippen LogP contribution in [0, 0.1) is 5.92 Å². The molecule has 0 bridgehead atoms. The van der Waals surface area contributed by atoms with Crippen molar-refractivity contribution >= 4 is 5.78 Å². The normalized spacial score (nSPS) is 13.2. The lowest BCUT2D eigenvalue weighted by molar-refractivity contribution is 0.0810. The first-order valence-electron chi connectivity index (χ1n) is 9.43. The lowest BCUT2D eigenvalue weighted by Crippen LogP contribution is -2.39. The van der Waals surface area contributed by atoms with Crippen LogP contribution in [0.5, 0.6) is 0 Å². The van der Waals surface area contributed by atoms with Gasteiger partial charge in [-0.05, 0) is 42.0 Å². The maximum Gasteiger partial charge on any atom is 0.198 e. The van der Waals surface area contributed by atoms with Crippen molar-refractivity contribution in [3.05, 3.63) is 65.5 Å². The van der Waals surface area contributed by atoms with Gasteiger partial charge in [-0.3, -0.25) is 14.7 Å². The summed E-state index contributed by atoms with van der Waals surface area (Å²) in [5, 5.41) is 0. The maximum absolute atomic E-state index is 13.2. The second kappa shape index (κ2) is 8.59. The fourth-order valence-corrected chi connectivity index (χ4v) is 3.07. The van der Waals surface area contributed by atoms with Crippen LogP contribution < -0.4 is 0 Å². The highest BCUT2D eigenvalue weighted by atomic mass is 16.1. The fourth-order valence-electron chi connectivity index (χ4n) is 3.07. The van der Waals surface area contributed by atoms with Gasteiger partial charge >= 0.3 is 0 Å². The van der Waals surface area contributed by atoms with E-state index in [0.29, 0.717) is 11.6 Å². The smallest absolute Gasteiger partial charge is 0.198 e. The molecule has 2 rings (SSSR count). The van der Waals surface area contributed by atoms with E-state index in [1.54, 1.807) is 0 Å². The average Bonchev–Trinajstić information content (AvgIpc) is 2.59. The number of Topliss-reactive ketones (excluding diaryl/α,β-unsaturated/α-hetero) is 1. The molecule has 0 unspecified atom stereocenters. The second-order valence-electron chi connectivity index (χ2n) is 8.59. The molecule has 1 atom stereocenters. The maximum atomic E-state index is 13.2. The Balaban J connectivity index is 2.20. The van der Waals surface area contributed by atoms with Crippen molar-refractivity contribution in [1.29, 1.82) is 0 Å². The Labute approximate surface area is 158 Å². The summed E-state index contributed by atoms with van der Waals surface area (Å²) in [5.41, 5.74) is 2.96. The number of carbonyl (C=O) groups is 1. The first-order chi connectivity index (χ1) is 12.2. The van der Waals surface area contributed by atoms with Crippen LogP contribution in [-0.2, 0) is 12.0 Å². The van der Waals surface area contributed by atoms with Crippen LogP contribution in [0.2, 0.25) is 0 Å². The summed E-state index contributed by atoms with van der Waals surface area (Å²) in [6.45, 7) is 11.5. The highest BCUT2D eigenvalue weighted by Gasteiger charge is 2.26. The molecule has 0 aliphatic carbocycles. The predicted molar refractivity (Wildman–Crippen MR) is 108 cm³/mol. The Hall–Kier alpha value is -2.00. The van der Waals surface area contributed by atoms with Crippen molar-refractivity contribution in [3.63, 3.8) is 0 Å². The number of carbonyl (C=O) groups excluding carboxylic acids is 1. The fraction of sp³-hybridized carbons (Fsp3) is 0.478. The topological polar surface area (TPSA) is 33.2 Å². The van der Waals surface area contributed by atoms with Gasteiger partial charge < -0.3 is 0 Å². The Morgan fingerprint density at radius 1 is 1.08 bits per heavy atom. The molecule has 0 radical (unpaired) electrons. The van der Waals surface area contributed by atoms with E-state index in [1.807, 2.05) is 43.6 Å². The summed E-state index contributed by atoms with van der Waals surface area (Å²) in [6.07, 6.45) is 2.67. The molecule has 0 aliphatic rings. The number of aromatic nitrogens is 1. The molecule has 26 heavy (non-hydrogen) atoms. The van der Waals surface area contributed by atoms with Crippen molar-refractivity contribution in [3.8, 4) is 0 Å². The van der Waals surface area contributed by atoms with Crippen molar-refractivity contribution in [1.82, 2.24) is 9.88 Å². The summed E-state index contributed by atoms with van der Waals surface area (Å²) in [7, 11) is 2.03. The summed E-state index contributed by atoms with van der Waals surface area (Å²) in [6, 6.07) is 14.0. The molecule has 0 aliphatic heterocycles. The summed E-state index contributed by atoms with van der Waals surface area (Å²) in [4.78, 5) is 19.8. The lowest BCUT2D eigenvalue weighted by Gasteiger charge is -2.28. The van der Waals surface area contributed by atoms with E-state index in [0.717, 1.165) is 18.5 Å². The zero-order valence-corrected chi connectivity index (χ0v) is 17.0. The predicted octanol–water partition coefficient (Wildman–Crippen LogP) is 5.11. The molecule has 140 valence electrons. The second-order valence-corrected chi connectivity index (χ2v) is 8.59. The monoisotopic (exact) mass is 352 g/mol. The molecular weight excluding hydrogens is 320 g/mol. The van der Waals surface area contributed by atoms with E-state index in [4.69, 9.17) is 0 Å². The van der Waals surface area contributed by atoms with Gasteiger partial charge in [-0.25, -0.2) is 0 Å². The number of hydrogen-bond acceptors (Lipinski definition) is 3. The molecule has 3 heteroatoms. The average molecular weight is 353 g/mol. The molecule has 0 fully saturated rings. The minimum atomic E-state index is -0.164. The number of pyridine rings is 1. The van der Waals surface area contributed by atoms with Gasteiger partial charge in [-0.2, -0.15) is 0 Å². The Morgan fingerprint density at radius 3 is 2.23 bits per heavy atom. The summed E-state index contributed by atoms with van der Waals surface area (Å²) >= 11 is 0. The molecule has 2 aromatic rings. The molecule has 0 amide bonds. The molecule has 0 spiro atoms. The van der Waals surface area contributed by atoms with Crippen LogP contribution >= 0.6 is 0 Å². The van der Waals surface area contributed by atoms with Crippen LogP contribution in [0.15, 0.2) is 48.7 Å². The van der Waals surface area contributed by atoms with Gasteiger partial charge in [0.1, 0.15) is 5.69 Å². The highest BCUT2D eigenvalue weighted by Crippen LogP contribution is 2.22. The van der Waals surface area contributed by atoms with Crippen LogP contribution in [0.25, 0.3) is 0 Å². The van der Waals surface area contributed by atoms with E-state index >= 15 is 0 Å². The van der Waals surface area contributed by atoms with Crippen LogP contribution in [0.1, 0.15) is 62.7 Å². The Bertz CT molecular complexity index is 699. The molecular formula is C23H32N2O. The van der Waals surface area contributed by atoms with E-state index in [9.17, 15) is 4.79 Å². The first-order valence-corrected chi connectivity index (χ1v) is 9.43. The third kappa shape index (κ3) is 5.50. The zero-order valence-electron chi connectivity index (χ0n) is 17.0. The molecule has 0 N–H and O–H groups in total. The van der Waals surface area contributed by atoms with Gasteiger partial charge in [0.15, 0.2) is 5.78 Å². The number of rotatable bonds is 7. The molecule has 1 aromatic carbocycles. The number of ketones is 1. The van der Waals surface area contributed by atoms with E-state index < -0.39 is 0 Å². The minimum Gasteiger partial charge on any atom is -0.292 e. The molecule has 1 heterocycles. The third-order valence-corrected chi connectivity index (χ3v) is 4.69. The standard InChI is InChI=1S/C23H32N2O/c1-17(2)14-21(25(6)16-18-10-8-7-9-11-18)22(26)20-13-12-19(15-24-20)23(3,4)5/h7-13,15,17,21H,14,16H2,1-6H3/t21-/m1/s1. The van der Waals surface area contributed by atoms with Crippen molar-refractivity contribution in [2.45, 2.75) is 59.0 Å². The highest BCUT2D eigenvalue weighted by molar-refractivity contribution is 5.98. The number of nitrogens with zero attached hydrogens (tertiary/aromatic N) is 2. The third-order valence-electron chi connectivity index (χ3n) is 4.69. The van der Waals surface area contributed by atoms with Crippen molar-refractivity contribution < 1.29 is 4.79 Å². The van der Waals surface area contributed by atoms with Gasteiger partial charge in [0.25, 0.3) is 0 Å². The van der Waals surface area contributed by atoms with Crippen molar-refractivity contribution in [2.75, 3.05) is 7.05 Å². The first kappa shape index (κ1) is 20.3. The van der Waals surface area contributed by atoms with Crippen LogP contribution in [0.3, 0.4) is 0 Å². The molecule has 0 saturated carbocycles. The van der Waals surface area contributed by atoms with Crippen molar-refractivity contribution in [2.24, 2.45) is 5.92 Å². The van der Waals surface area contributed by atoms with Gasteiger partial charge in [0.05, 0.1) is 6.04 Å². The van der Waals surface area contributed by atoms with Gasteiger partial charge in [0, 0.05) is 12.7 Å². The quantitative estimate of drug-likeness (QED) is 0.649. The molecule has 0 saturated heterocycles. The van der Waals surface area contributed by atoms with Gasteiger partial charge in [0.2, 0.25) is 0 Å². The van der Waals surface area contributed by atoms with Crippen LogP contribution in [-0.4, -0.2) is 28.8 Å². The largest absolute Gasteiger partial charge is 0.292 e. The number of benzene rings is 1. The van der Waals surface area contributed by atoms with E-state index in [2.05, 4.69) is 56.6 Å². The molecule has 3 nitrogen and oxygen atoms in total.